The lowest BCUT2D eigenvalue weighted by atomic mass is 10.2. The Morgan fingerprint density at radius 3 is 2.34 bits per heavy atom. The van der Waals surface area contributed by atoms with Gasteiger partial charge in [0.25, 0.3) is 11.8 Å². The second-order valence-corrected chi connectivity index (χ2v) is 6.05. The highest BCUT2D eigenvalue weighted by Crippen LogP contribution is 2.32. The first-order valence-corrected chi connectivity index (χ1v) is 8.76. The molecule has 0 unspecified atom stereocenters. The largest absolute Gasteiger partial charge is 0.493 e. The van der Waals surface area contributed by atoms with E-state index in [4.69, 9.17) is 19.4 Å². The molecule has 0 aliphatic rings. The summed E-state index contributed by atoms with van der Waals surface area (Å²) in [6.45, 7) is 0.541. The summed E-state index contributed by atoms with van der Waals surface area (Å²) in [5.74, 6) is 0.833. The summed E-state index contributed by atoms with van der Waals surface area (Å²) in [5.41, 5.74) is 3.04. The zero-order valence-corrected chi connectivity index (χ0v) is 15.9. The molecule has 0 spiro atoms. The van der Waals surface area contributed by atoms with E-state index in [-0.39, 0.29) is 12.5 Å². The van der Waals surface area contributed by atoms with Gasteiger partial charge in [-0.05, 0) is 36.4 Å². The zero-order valence-electron chi connectivity index (χ0n) is 15.9. The molecule has 4 N–H and O–H groups in total. The predicted molar refractivity (Wildman–Crippen MR) is 105 cm³/mol. The van der Waals surface area contributed by atoms with Gasteiger partial charge in [0, 0.05) is 22.5 Å². The van der Waals surface area contributed by atoms with Crippen molar-refractivity contribution in [2.45, 2.75) is 0 Å². The Balaban J connectivity index is 1.55. The monoisotopic (exact) mass is 399 g/mol. The topological polar surface area (TPSA) is 122 Å². The maximum absolute atomic E-state index is 12.4. The maximum atomic E-state index is 12.4. The molecule has 0 bridgehead atoms. The minimum absolute atomic E-state index is 0.249. The van der Waals surface area contributed by atoms with E-state index in [0.717, 1.165) is 10.9 Å². The van der Waals surface area contributed by atoms with Crippen molar-refractivity contribution in [1.82, 2.24) is 15.8 Å². The molecule has 0 radical (unpaired) electrons. The van der Waals surface area contributed by atoms with E-state index in [0.29, 0.717) is 35.1 Å². The van der Waals surface area contributed by atoms with Crippen LogP contribution in [-0.4, -0.2) is 49.4 Å². The first kappa shape index (κ1) is 20.0. The molecule has 2 amide bonds. The van der Waals surface area contributed by atoms with Crippen LogP contribution >= 0.6 is 0 Å². The van der Waals surface area contributed by atoms with Crippen LogP contribution in [0.4, 0.5) is 0 Å². The van der Waals surface area contributed by atoms with Gasteiger partial charge in [-0.2, -0.15) is 0 Å². The highest BCUT2D eigenvalue weighted by atomic mass is 16.5. The van der Waals surface area contributed by atoms with Crippen molar-refractivity contribution in [3.63, 3.8) is 0 Å². The van der Waals surface area contributed by atoms with Gasteiger partial charge in [0.15, 0.2) is 11.5 Å². The van der Waals surface area contributed by atoms with Gasteiger partial charge in [0.2, 0.25) is 0 Å². The van der Waals surface area contributed by atoms with Gasteiger partial charge in [-0.1, -0.05) is 0 Å². The van der Waals surface area contributed by atoms with E-state index in [1.165, 1.54) is 12.1 Å². The Morgan fingerprint density at radius 2 is 1.69 bits per heavy atom. The van der Waals surface area contributed by atoms with E-state index in [1.54, 1.807) is 50.0 Å². The first-order chi connectivity index (χ1) is 14.0. The second-order valence-electron chi connectivity index (χ2n) is 6.05. The Morgan fingerprint density at radius 1 is 1.00 bits per heavy atom. The molecule has 0 saturated carbocycles. The van der Waals surface area contributed by atoms with E-state index >= 15 is 0 Å². The highest BCUT2D eigenvalue weighted by molar-refractivity contribution is 5.98. The number of hydrogen-bond acceptors (Lipinski definition) is 6. The molecule has 0 aliphatic carbocycles. The van der Waals surface area contributed by atoms with E-state index in [9.17, 15) is 9.59 Å². The lowest BCUT2D eigenvalue weighted by molar-refractivity contribution is 0.0706. The zero-order chi connectivity index (χ0) is 20.8. The van der Waals surface area contributed by atoms with Crippen molar-refractivity contribution < 1.29 is 29.0 Å². The SMILES string of the molecule is COc1cc2cc(C(=O)NCCOc3ccc(C(=O)NO)cc3)[nH]c2cc1OC. The maximum Gasteiger partial charge on any atom is 0.274 e. The van der Waals surface area contributed by atoms with Crippen LogP contribution < -0.4 is 25.0 Å². The number of amides is 2. The fraction of sp³-hybridized carbons (Fsp3) is 0.200. The molecule has 3 rings (SSSR count). The highest BCUT2D eigenvalue weighted by Gasteiger charge is 2.13. The van der Waals surface area contributed by atoms with Crippen LogP contribution in [0.2, 0.25) is 0 Å². The average Bonchev–Trinajstić information content (AvgIpc) is 3.18. The number of aromatic nitrogens is 1. The van der Waals surface area contributed by atoms with Crippen LogP contribution in [0, 0.1) is 0 Å². The molecule has 9 heteroatoms. The van der Waals surface area contributed by atoms with Crippen molar-refractivity contribution >= 4 is 22.7 Å². The Kier molecular flexibility index (Phi) is 6.20. The van der Waals surface area contributed by atoms with Gasteiger partial charge in [-0.15, -0.1) is 0 Å². The van der Waals surface area contributed by atoms with Crippen molar-refractivity contribution in [2.24, 2.45) is 0 Å². The molecule has 1 aromatic heterocycles. The Bertz CT molecular complexity index is 972. The number of ether oxygens (including phenoxy) is 3. The fourth-order valence-corrected chi connectivity index (χ4v) is 2.78. The quantitative estimate of drug-likeness (QED) is 0.261. The molecular formula is C20H21N3O6. The Hall–Kier alpha value is -3.72. The number of nitrogens with one attached hydrogen (secondary N) is 3. The number of aromatic amines is 1. The molecule has 1 heterocycles. The van der Waals surface area contributed by atoms with E-state index in [1.807, 2.05) is 0 Å². The average molecular weight is 399 g/mol. The van der Waals surface area contributed by atoms with Gasteiger partial charge in [-0.3, -0.25) is 14.8 Å². The van der Waals surface area contributed by atoms with E-state index < -0.39 is 5.91 Å². The molecule has 29 heavy (non-hydrogen) atoms. The number of H-pyrrole nitrogens is 1. The number of benzene rings is 2. The van der Waals surface area contributed by atoms with Gasteiger partial charge >= 0.3 is 0 Å². The molecule has 0 saturated heterocycles. The van der Waals surface area contributed by atoms with Gasteiger partial charge in [0.05, 0.1) is 20.8 Å². The summed E-state index contributed by atoms with van der Waals surface area (Å²) < 4.78 is 16.1. The number of hydroxylamine groups is 1. The molecular weight excluding hydrogens is 378 g/mol. The third-order valence-electron chi connectivity index (χ3n) is 4.24. The summed E-state index contributed by atoms with van der Waals surface area (Å²) in [6.07, 6.45) is 0. The lowest BCUT2D eigenvalue weighted by Crippen LogP contribution is -2.28. The summed E-state index contributed by atoms with van der Waals surface area (Å²) in [6, 6.07) is 11.5. The van der Waals surface area contributed by atoms with Crippen molar-refractivity contribution in [3.8, 4) is 17.2 Å². The molecule has 2 aromatic carbocycles. The van der Waals surface area contributed by atoms with Crippen LogP contribution in [0.1, 0.15) is 20.8 Å². The van der Waals surface area contributed by atoms with Crippen LogP contribution in [0.25, 0.3) is 10.9 Å². The van der Waals surface area contributed by atoms with Crippen molar-refractivity contribution in [3.05, 3.63) is 53.7 Å². The number of carbonyl (C=O) groups is 2. The summed E-state index contributed by atoms with van der Waals surface area (Å²) in [4.78, 5) is 26.7. The van der Waals surface area contributed by atoms with Crippen LogP contribution in [0.15, 0.2) is 42.5 Å². The van der Waals surface area contributed by atoms with Crippen molar-refractivity contribution in [1.29, 1.82) is 0 Å². The molecule has 152 valence electrons. The molecule has 0 fully saturated rings. The molecule has 9 nitrogen and oxygen atoms in total. The van der Waals surface area contributed by atoms with E-state index in [2.05, 4.69) is 10.3 Å². The molecule has 3 aromatic rings. The summed E-state index contributed by atoms with van der Waals surface area (Å²) >= 11 is 0. The smallest absolute Gasteiger partial charge is 0.274 e. The second kappa shape index (κ2) is 8.98. The number of fused-ring (bicyclic) bond motifs is 1. The van der Waals surface area contributed by atoms with Crippen LogP contribution in [0.5, 0.6) is 17.2 Å². The number of rotatable bonds is 8. The van der Waals surface area contributed by atoms with Crippen LogP contribution in [-0.2, 0) is 0 Å². The normalized spacial score (nSPS) is 10.4. The predicted octanol–water partition coefficient (Wildman–Crippen LogP) is 2.11. The van der Waals surface area contributed by atoms with Crippen LogP contribution in [0.3, 0.4) is 0 Å². The first-order valence-electron chi connectivity index (χ1n) is 8.76. The van der Waals surface area contributed by atoms with Gasteiger partial charge in [-0.25, -0.2) is 5.48 Å². The third kappa shape index (κ3) is 4.58. The number of carbonyl (C=O) groups excluding carboxylic acids is 2. The number of hydrogen-bond donors (Lipinski definition) is 4. The minimum atomic E-state index is -0.600. The molecule has 0 atom stereocenters. The Labute approximate surface area is 166 Å². The molecule has 0 aliphatic heterocycles. The lowest BCUT2D eigenvalue weighted by Gasteiger charge is -2.08. The summed E-state index contributed by atoms with van der Waals surface area (Å²) in [5, 5.41) is 12.2. The number of methoxy groups -OCH3 is 2. The van der Waals surface area contributed by atoms with Gasteiger partial charge < -0.3 is 24.5 Å². The third-order valence-corrected chi connectivity index (χ3v) is 4.24. The van der Waals surface area contributed by atoms with Crippen molar-refractivity contribution in [2.75, 3.05) is 27.4 Å². The summed E-state index contributed by atoms with van der Waals surface area (Å²) in [7, 11) is 3.11. The van der Waals surface area contributed by atoms with Gasteiger partial charge in [0.1, 0.15) is 18.1 Å². The standard InChI is InChI=1S/C20H21N3O6/c1-27-17-10-13-9-16(22-15(13)11-18(17)28-2)20(25)21-7-8-29-14-5-3-12(4-6-14)19(24)23-26/h3-6,9-11,22,26H,7-8H2,1-2H3,(H,21,25)(H,23,24). The fourth-order valence-electron chi connectivity index (χ4n) is 2.78. The minimum Gasteiger partial charge on any atom is -0.493 e.